The molecule has 0 unspecified atom stereocenters. The van der Waals surface area contributed by atoms with Gasteiger partial charge in [0, 0.05) is 32.1 Å². The minimum Gasteiger partial charge on any atom is -0.497 e. The third-order valence-corrected chi connectivity index (χ3v) is 4.68. The van der Waals surface area contributed by atoms with Crippen LogP contribution in [0.5, 0.6) is 5.75 Å². The van der Waals surface area contributed by atoms with Crippen molar-refractivity contribution < 1.29 is 9.53 Å². The Morgan fingerprint density at radius 3 is 2.68 bits per heavy atom. The van der Waals surface area contributed by atoms with Crippen molar-refractivity contribution in [1.82, 2.24) is 9.80 Å². The molecule has 3 rings (SSSR count). The number of carbonyl (C=O) groups is 1. The summed E-state index contributed by atoms with van der Waals surface area (Å²) in [5.74, 6) is 1.69. The van der Waals surface area contributed by atoms with Gasteiger partial charge in [0.1, 0.15) is 5.75 Å². The van der Waals surface area contributed by atoms with Crippen molar-refractivity contribution >= 4 is 5.91 Å². The average Bonchev–Trinajstić information content (AvgIpc) is 3.40. The van der Waals surface area contributed by atoms with E-state index in [9.17, 15) is 4.79 Å². The quantitative estimate of drug-likeness (QED) is 0.807. The first kappa shape index (κ1) is 15.3. The summed E-state index contributed by atoms with van der Waals surface area (Å²) in [7, 11) is 1.71. The first-order chi connectivity index (χ1) is 10.8. The lowest BCUT2D eigenvalue weighted by molar-refractivity contribution is -0.134. The van der Waals surface area contributed by atoms with Crippen LogP contribution in [0.25, 0.3) is 0 Å². The smallest absolute Gasteiger partial charge is 0.225 e. The Morgan fingerprint density at radius 2 is 2.00 bits per heavy atom. The van der Waals surface area contributed by atoms with Crippen molar-refractivity contribution in [1.29, 1.82) is 0 Å². The molecule has 2 aliphatic rings. The molecule has 1 saturated heterocycles. The molecule has 4 heteroatoms. The van der Waals surface area contributed by atoms with E-state index < -0.39 is 0 Å². The Kier molecular flexibility index (Phi) is 4.98. The molecule has 1 amide bonds. The fourth-order valence-corrected chi connectivity index (χ4v) is 3.12. The predicted molar refractivity (Wildman–Crippen MR) is 87.1 cm³/mol. The number of amides is 1. The molecule has 120 valence electrons. The number of carbonyl (C=O) groups excluding carboxylic acids is 1. The first-order valence-electron chi connectivity index (χ1n) is 8.40. The molecule has 4 nitrogen and oxygen atoms in total. The fourth-order valence-electron chi connectivity index (χ4n) is 3.12. The van der Waals surface area contributed by atoms with Crippen LogP contribution in [0.15, 0.2) is 24.3 Å². The van der Waals surface area contributed by atoms with Crippen molar-refractivity contribution in [2.75, 3.05) is 39.8 Å². The maximum absolute atomic E-state index is 12.0. The van der Waals surface area contributed by atoms with Gasteiger partial charge in [-0.05, 0) is 49.9 Å². The van der Waals surface area contributed by atoms with E-state index in [2.05, 4.69) is 28.0 Å². The van der Waals surface area contributed by atoms with Crippen molar-refractivity contribution in [3.63, 3.8) is 0 Å². The lowest BCUT2D eigenvalue weighted by Crippen LogP contribution is -2.49. The van der Waals surface area contributed by atoms with Crippen LogP contribution in [-0.2, 0) is 11.2 Å². The van der Waals surface area contributed by atoms with Gasteiger partial charge in [0.25, 0.3) is 0 Å². The van der Waals surface area contributed by atoms with Gasteiger partial charge in [0.05, 0.1) is 7.11 Å². The largest absolute Gasteiger partial charge is 0.497 e. The number of nitrogens with zero attached hydrogens (tertiary/aromatic N) is 2. The van der Waals surface area contributed by atoms with Gasteiger partial charge >= 0.3 is 0 Å². The Hall–Kier alpha value is -1.55. The molecule has 0 N–H and O–H groups in total. The number of benzene rings is 1. The highest BCUT2D eigenvalue weighted by molar-refractivity contribution is 5.81. The predicted octanol–water partition coefficient (Wildman–Crippen LogP) is 2.18. The highest BCUT2D eigenvalue weighted by atomic mass is 16.5. The molecular weight excluding hydrogens is 276 g/mol. The molecule has 1 aliphatic carbocycles. The van der Waals surface area contributed by atoms with Gasteiger partial charge in [0.15, 0.2) is 0 Å². The molecule has 0 bridgehead atoms. The van der Waals surface area contributed by atoms with Crippen molar-refractivity contribution in [2.24, 2.45) is 5.92 Å². The van der Waals surface area contributed by atoms with Crippen LogP contribution in [0.4, 0.5) is 0 Å². The number of methoxy groups -OCH3 is 1. The fraction of sp³-hybridized carbons (Fsp3) is 0.611. The zero-order chi connectivity index (χ0) is 15.4. The molecule has 1 heterocycles. The second-order valence-corrected chi connectivity index (χ2v) is 6.40. The normalized spacial score (nSPS) is 19.2. The zero-order valence-corrected chi connectivity index (χ0v) is 13.5. The number of aryl methyl sites for hydroxylation is 1. The first-order valence-corrected chi connectivity index (χ1v) is 8.40. The van der Waals surface area contributed by atoms with Crippen LogP contribution in [0.3, 0.4) is 0 Å². The topological polar surface area (TPSA) is 32.8 Å². The number of ether oxygens (including phenoxy) is 1. The van der Waals surface area contributed by atoms with Crippen molar-refractivity contribution in [2.45, 2.75) is 25.7 Å². The molecule has 1 saturated carbocycles. The average molecular weight is 302 g/mol. The number of hydrogen-bond acceptors (Lipinski definition) is 3. The molecule has 2 fully saturated rings. The van der Waals surface area contributed by atoms with Gasteiger partial charge in [-0.25, -0.2) is 0 Å². The van der Waals surface area contributed by atoms with Crippen molar-refractivity contribution in [3.05, 3.63) is 29.8 Å². The second-order valence-electron chi connectivity index (χ2n) is 6.40. The van der Waals surface area contributed by atoms with E-state index in [0.29, 0.717) is 11.8 Å². The van der Waals surface area contributed by atoms with Gasteiger partial charge in [-0.1, -0.05) is 12.1 Å². The van der Waals surface area contributed by atoms with E-state index in [4.69, 9.17) is 4.74 Å². The summed E-state index contributed by atoms with van der Waals surface area (Å²) in [5.41, 5.74) is 1.34. The molecule has 0 spiro atoms. The summed E-state index contributed by atoms with van der Waals surface area (Å²) >= 11 is 0. The third kappa shape index (κ3) is 4.01. The van der Waals surface area contributed by atoms with Gasteiger partial charge in [-0.3, -0.25) is 9.69 Å². The van der Waals surface area contributed by atoms with E-state index in [-0.39, 0.29) is 0 Å². The maximum atomic E-state index is 12.0. The van der Waals surface area contributed by atoms with Gasteiger partial charge in [-0.2, -0.15) is 0 Å². The lowest BCUT2D eigenvalue weighted by Gasteiger charge is -2.34. The molecule has 1 aromatic carbocycles. The summed E-state index contributed by atoms with van der Waals surface area (Å²) in [6.07, 6.45) is 4.46. The van der Waals surface area contributed by atoms with Gasteiger partial charge in [0.2, 0.25) is 5.91 Å². The van der Waals surface area contributed by atoms with Gasteiger partial charge in [-0.15, -0.1) is 0 Å². The Labute approximate surface area is 133 Å². The van der Waals surface area contributed by atoms with Crippen LogP contribution in [-0.4, -0.2) is 55.5 Å². The van der Waals surface area contributed by atoms with Crippen LogP contribution in [0.1, 0.15) is 24.8 Å². The summed E-state index contributed by atoms with van der Waals surface area (Å²) < 4.78 is 5.26. The SMILES string of the molecule is COc1cccc(CCCN2CCN(C(=O)C3CC3)CC2)c1. The number of hydrogen-bond donors (Lipinski definition) is 0. The highest BCUT2D eigenvalue weighted by Gasteiger charge is 2.34. The number of piperazine rings is 1. The molecule has 0 radical (unpaired) electrons. The molecule has 1 aromatic rings. The summed E-state index contributed by atoms with van der Waals surface area (Å²) in [6.45, 7) is 4.98. The monoisotopic (exact) mass is 302 g/mol. The summed E-state index contributed by atoms with van der Waals surface area (Å²) in [6, 6.07) is 8.32. The van der Waals surface area contributed by atoms with Crippen LogP contribution < -0.4 is 4.74 Å². The van der Waals surface area contributed by atoms with E-state index in [1.165, 1.54) is 5.56 Å². The Balaban J connectivity index is 1.37. The second kappa shape index (κ2) is 7.14. The van der Waals surface area contributed by atoms with Gasteiger partial charge < -0.3 is 9.64 Å². The molecule has 22 heavy (non-hydrogen) atoms. The zero-order valence-electron chi connectivity index (χ0n) is 13.5. The molecular formula is C18H26N2O2. The molecule has 1 aliphatic heterocycles. The Bertz CT molecular complexity index is 506. The van der Waals surface area contributed by atoms with E-state index >= 15 is 0 Å². The highest BCUT2D eigenvalue weighted by Crippen LogP contribution is 2.31. The van der Waals surface area contributed by atoms with E-state index in [1.807, 2.05) is 6.07 Å². The van der Waals surface area contributed by atoms with Crippen LogP contribution in [0, 0.1) is 5.92 Å². The lowest BCUT2D eigenvalue weighted by atomic mass is 10.1. The molecule has 0 atom stereocenters. The minimum absolute atomic E-state index is 0.361. The molecule has 0 aromatic heterocycles. The summed E-state index contributed by atoms with van der Waals surface area (Å²) in [4.78, 5) is 16.6. The standard InChI is InChI=1S/C18H26N2O2/c1-22-17-6-2-4-15(14-17)5-3-9-19-10-12-20(13-11-19)18(21)16-7-8-16/h2,4,6,14,16H,3,5,7-13H2,1H3. The number of rotatable bonds is 6. The van der Waals surface area contributed by atoms with Crippen molar-refractivity contribution in [3.8, 4) is 5.75 Å². The van der Waals surface area contributed by atoms with E-state index in [1.54, 1.807) is 7.11 Å². The maximum Gasteiger partial charge on any atom is 0.225 e. The summed E-state index contributed by atoms with van der Waals surface area (Å²) in [5, 5.41) is 0. The third-order valence-electron chi connectivity index (χ3n) is 4.68. The minimum atomic E-state index is 0.361. The van der Waals surface area contributed by atoms with E-state index in [0.717, 1.165) is 64.2 Å². The van der Waals surface area contributed by atoms with Crippen LogP contribution in [0.2, 0.25) is 0 Å². The Morgan fingerprint density at radius 1 is 1.23 bits per heavy atom. The van der Waals surface area contributed by atoms with Crippen LogP contribution >= 0.6 is 0 Å².